The van der Waals surface area contributed by atoms with Gasteiger partial charge in [0.1, 0.15) is 0 Å². The summed E-state index contributed by atoms with van der Waals surface area (Å²) in [4.78, 5) is 0. The minimum absolute atomic E-state index is 0.816. The minimum atomic E-state index is 0.816. The molecule has 0 aromatic rings. The summed E-state index contributed by atoms with van der Waals surface area (Å²) >= 11 is 2.04. The Morgan fingerprint density at radius 2 is 2.15 bits per heavy atom. The SMILES string of the molecule is CSC1CCC(NCCC(C)C)C1. The number of nitrogens with one attached hydrogen (secondary N) is 1. The van der Waals surface area contributed by atoms with Crippen LogP contribution in [0.4, 0.5) is 0 Å². The van der Waals surface area contributed by atoms with Crippen LogP contribution in [0.25, 0.3) is 0 Å². The van der Waals surface area contributed by atoms with Gasteiger partial charge in [0.05, 0.1) is 0 Å². The monoisotopic (exact) mass is 201 g/mol. The van der Waals surface area contributed by atoms with Gasteiger partial charge in [-0.1, -0.05) is 13.8 Å². The van der Waals surface area contributed by atoms with Crippen LogP contribution in [-0.4, -0.2) is 24.1 Å². The number of thioether (sulfide) groups is 1. The Morgan fingerprint density at radius 1 is 1.38 bits per heavy atom. The van der Waals surface area contributed by atoms with Crippen molar-refractivity contribution in [3.8, 4) is 0 Å². The second kappa shape index (κ2) is 5.92. The highest BCUT2D eigenvalue weighted by molar-refractivity contribution is 7.99. The highest BCUT2D eigenvalue weighted by Gasteiger charge is 2.22. The first-order chi connectivity index (χ1) is 6.22. The molecule has 1 N–H and O–H groups in total. The van der Waals surface area contributed by atoms with Crippen LogP contribution in [0.3, 0.4) is 0 Å². The molecule has 78 valence electrons. The molecule has 2 atom stereocenters. The van der Waals surface area contributed by atoms with Gasteiger partial charge in [-0.25, -0.2) is 0 Å². The van der Waals surface area contributed by atoms with Crippen LogP contribution in [0, 0.1) is 5.92 Å². The molecule has 1 aliphatic rings. The van der Waals surface area contributed by atoms with E-state index in [0.717, 1.165) is 17.2 Å². The molecule has 0 saturated heterocycles. The van der Waals surface area contributed by atoms with Crippen LogP contribution in [0.15, 0.2) is 0 Å². The highest BCUT2D eigenvalue weighted by Crippen LogP contribution is 2.28. The van der Waals surface area contributed by atoms with Crippen molar-refractivity contribution in [2.75, 3.05) is 12.8 Å². The van der Waals surface area contributed by atoms with Gasteiger partial charge < -0.3 is 5.32 Å². The van der Waals surface area contributed by atoms with Gasteiger partial charge in [0.2, 0.25) is 0 Å². The lowest BCUT2D eigenvalue weighted by atomic mass is 10.1. The van der Waals surface area contributed by atoms with E-state index in [1.165, 1.54) is 32.2 Å². The fourth-order valence-corrected chi connectivity index (χ4v) is 2.71. The third-order valence-electron chi connectivity index (χ3n) is 2.87. The van der Waals surface area contributed by atoms with Crippen molar-refractivity contribution in [3.63, 3.8) is 0 Å². The quantitative estimate of drug-likeness (QED) is 0.734. The van der Waals surface area contributed by atoms with Crippen LogP contribution >= 0.6 is 11.8 Å². The molecule has 0 bridgehead atoms. The number of hydrogen-bond acceptors (Lipinski definition) is 2. The minimum Gasteiger partial charge on any atom is -0.314 e. The van der Waals surface area contributed by atoms with Crippen LogP contribution in [0.1, 0.15) is 39.5 Å². The molecule has 0 amide bonds. The summed E-state index contributed by atoms with van der Waals surface area (Å²) in [5.41, 5.74) is 0. The van der Waals surface area contributed by atoms with E-state index >= 15 is 0 Å². The standard InChI is InChI=1S/C11H23NS/c1-9(2)6-7-12-10-4-5-11(8-10)13-3/h9-12H,4-8H2,1-3H3. The van der Waals surface area contributed by atoms with Crippen molar-refractivity contribution in [2.45, 2.75) is 50.8 Å². The molecule has 0 aromatic heterocycles. The summed E-state index contributed by atoms with van der Waals surface area (Å²) in [7, 11) is 0. The molecule has 0 aromatic carbocycles. The van der Waals surface area contributed by atoms with E-state index < -0.39 is 0 Å². The molecule has 1 aliphatic carbocycles. The summed E-state index contributed by atoms with van der Waals surface area (Å²) in [5, 5.41) is 4.59. The van der Waals surface area contributed by atoms with Crippen LogP contribution in [-0.2, 0) is 0 Å². The van der Waals surface area contributed by atoms with Crippen LogP contribution in [0.5, 0.6) is 0 Å². The Labute approximate surface area is 87.1 Å². The molecule has 0 heterocycles. The van der Waals surface area contributed by atoms with Crippen molar-refractivity contribution in [2.24, 2.45) is 5.92 Å². The fourth-order valence-electron chi connectivity index (χ4n) is 1.92. The zero-order valence-corrected chi connectivity index (χ0v) is 9.99. The molecule has 2 unspecified atom stereocenters. The van der Waals surface area contributed by atoms with E-state index in [2.05, 4.69) is 25.4 Å². The van der Waals surface area contributed by atoms with Crippen molar-refractivity contribution in [1.82, 2.24) is 5.32 Å². The van der Waals surface area contributed by atoms with Gasteiger partial charge in [-0.15, -0.1) is 0 Å². The average Bonchev–Trinajstić information content (AvgIpc) is 2.52. The lowest BCUT2D eigenvalue weighted by Crippen LogP contribution is -2.28. The molecule has 1 rings (SSSR count). The summed E-state index contributed by atoms with van der Waals surface area (Å²) in [6, 6.07) is 0.816. The maximum atomic E-state index is 3.66. The maximum absolute atomic E-state index is 3.66. The second-order valence-electron chi connectivity index (χ2n) is 4.50. The summed E-state index contributed by atoms with van der Waals surface area (Å²) in [5.74, 6) is 0.838. The van der Waals surface area contributed by atoms with E-state index in [4.69, 9.17) is 0 Å². The number of hydrogen-bond donors (Lipinski definition) is 1. The highest BCUT2D eigenvalue weighted by atomic mass is 32.2. The van der Waals surface area contributed by atoms with E-state index in [0.29, 0.717) is 0 Å². The summed E-state index contributed by atoms with van der Waals surface area (Å²) < 4.78 is 0. The van der Waals surface area contributed by atoms with Crippen LogP contribution in [0.2, 0.25) is 0 Å². The topological polar surface area (TPSA) is 12.0 Å². The fraction of sp³-hybridized carbons (Fsp3) is 1.00. The van der Waals surface area contributed by atoms with Gasteiger partial charge >= 0.3 is 0 Å². The van der Waals surface area contributed by atoms with Crippen molar-refractivity contribution in [1.29, 1.82) is 0 Å². The third kappa shape index (κ3) is 4.37. The molecule has 0 aliphatic heterocycles. The molecule has 0 spiro atoms. The van der Waals surface area contributed by atoms with Crippen molar-refractivity contribution >= 4 is 11.8 Å². The normalized spacial score (nSPS) is 28.6. The van der Waals surface area contributed by atoms with E-state index in [-0.39, 0.29) is 0 Å². The van der Waals surface area contributed by atoms with Gasteiger partial charge in [0.15, 0.2) is 0 Å². The van der Waals surface area contributed by atoms with E-state index in [1.54, 1.807) is 0 Å². The van der Waals surface area contributed by atoms with Gasteiger partial charge in [-0.05, 0) is 44.4 Å². The summed E-state index contributed by atoms with van der Waals surface area (Å²) in [6.07, 6.45) is 7.75. The zero-order chi connectivity index (χ0) is 9.68. The summed E-state index contributed by atoms with van der Waals surface area (Å²) in [6.45, 7) is 5.80. The largest absolute Gasteiger partial charge is 0.314 e. The lowest BCUT2D eigenvalue weighted by Gasteiger charge is -2.13. The molecular formula is C11H23NS. The smallest absolute Gasteiger partial charge is 0.00779 e. The second-order valence-corrected chi connectivity index (χ2v) is 5.64. The Hall–Kier alpha value is 0.310. The molecular weight excluding hydrogens is 178 g/mol. The van der Waals surface area contributed by atoms with E-state index in [1.807, 2.05) is 11.8 Å². The van der Waals surface area contributed by atoms with Crippen LogP contribution < -0.4 is 5.32 Å². The van der Waals surface area contributed by atoms with Gasteiger partial charge in [-0.2, -0.15) is 11.8 Å². The van der Waals surface area contributed by atoms with Crippen molar-refractivity contribution in [3.05, 3.63) is 0 Å². The maximum Gasteiger partial charge on any atom is 0.00779 e. The van der Waals surface area contributed by atoms with Gasteiger partial charge in [0.25, 0.3) is 0 Å². The predicted molar refractivity (Wildman–Crippen MR) is 62.4 cm³/mol. The Balaban J connectivity index is 2.03. The first kappa shape index (κ1) is 11.4. The molecule has 0 radical (unpaired) electrons. The zero-order valence-electron chi connectivity index (χ0n) is 9.18. The van der Waals surface area contributed by atoms with Gasteiger partial charge in [0, 0.05) is 11.3 Å². The Kier molecular flexibility index (Phi) is 5.18. The number of rotatable bonds is 5. The Morgan fingerprint density at radius 3 is 2.69 bits per heavy atom. The van der Waals surface area contributed by atoms with Gasteiger partial charge in [-0.3, -0.25) is 0 Å². The van der Waals surface area contributed by atoms with Crippen molar-refractivity contribution < 1.29 is 0 Å². The first-order valence-electron chi connectivity index (χ1n) is 5.48. The molecule has 1 nitrogen and oxygen atoms in total. The molecule has 1 fully saturated rings. The first-order valence-corrected chi connectivity index (χ1v) is 6.77. The molecule has 13 heavy (non-hydrogen) atoms. The third-order valence-corrected chi connectivity index (χ3v) is 3.97. The average molecular weight is 201 g/mol. The predicted octanol–water partition coefficient (Wildman–Crippen LogP) is 2.91. The lowest BCUT2D eigenvalue weighted by molar-refractivity contribution is 0.474. The van der Waals surface area contributed by atoms with E-state index in [9.17, 15) is 0 Å². The molecule has 2 heteroatoms. The molecule has 1 saturated carbocycles. The Bertz CT molecular complexity index is 136.